The smallest absolute Gasteiger partial charge is 0.240 e. The molecule has 0 bridgehead atoms. The molecule has 4 aromatic rings. The van der Waals surface area contributed by atoms with Gasteiger partial charge >= 0.3 is 0 Å². The summed E-state index contributed by atoms with van der Waals surface area (Å²) in [5.74, 6) is 1.57. The number of hydrogen-bond acceptors (Lipinski definition) is 6. The van der Waals surface area contributed by atoms with Crippen LogP contribution in [-0.2, 0) is 12.8 Å². The van der Waals surface area contributed by atoms with Crippen LogP contribution in [0.3, 0.4) is 0 Å². The molecule has 0 N–H and O–H groups in total. The Kier molecular flexibility index (Phi) is 4.22. The molecule has 0 atom stereocenters. The molecule has 4 heterocycles. The van der Waals surface area contributed by atoms with E-state index in [4.69, 9.17) is 0 Å². The van der Waals surface area contributed by atoms with Gasteiger partial charge in [-0.15, -0.1) is 0 Å². The lowest BCUT2D eigenvalue weighted by molar-refractivity contribution is 0.840. The van der Waals surface area contributed by atoms with Crippen LogP contribution in [0.25, 0.3) is 23.3 Å². The first kappa shape index (κ1) is 16.1. The summed E-state index contributed by atoms with van der Waals surface area (Å²) in [7, 11) is 0. The maximum Gasteiger partial charge on any atom is 0.240 e. The first-order valence-electron chi connectivity index (χ1n) is 8.49. The van der Waals surface area contributed by atoms with Crippen molar-refractivity contribution in [2.24, 2.45) is 0 Å². The van der Waals surface area contributed by atoms with Gasteiger partial charge in [0.2, 0.25) is 11.9 Å². The number of aromatic nitrogens is 8. The average Bonchev–Trinajstić information content (AvgIpc) is 3.38. The highest BCUT2D eigenvalue weighted by atomic mass is 15.3. The van der Waals surface area contributed by atoms with Gasteiger partial charge in [-0.1, -0.05) is 13.8 Å². The second kappa shape index (κ2) is 6.83. The molecule has 8 heteroatoms. The SMILES string of the molecule is CCc1cn(-c2nc(-c3cccnc3)nc(-n3cnc(CC)c3)n2)cn1. The third kappa shape index (κ3) is 3.08. The fourth-order valence-corrected chi connectivity index (χ4v) is 2.52. The predicted octanol–water partition coefficient (Wildman–Crippen LogP) is 2.43. The van der Waals surface area contributed by atoms with E-state index >= 15 is 0 Å². The summed E-state index contributed by atoms with van der Waals surface area (Å²) in [6.45, 7) is 4.12. The molecule has 0 fully saturated rings. The van der Waals surface area contributed by atoms with E-state index in [1.165, 1.54) is 0 Å². The van der Waals surface area contributed by atoms with E-state index < -0.39 is 0 Å². The van der Waals surface area contributed by atoms with Crippen molar-refractivity contribution >= 4 is 0 Å². The Labute approximate surface area is 150 Å². The van der Waals surface area contributed by atoms with Crippen LogP contribution in [0.1, 0.15) is 25.2 Å². The van der Waals surface area contributed by atoms with Gasteiger partial charge < -0.3 is 0 Å². The van der Waals surface area contributed by atoms with Gasteiger partial charge in [-0.05, 0) is 25.0 Å². The Morgan fingerprint density at radius 1 is 0.846 bits per heavy atom. The Morgan fingerprint density at radius 3 is 1.92 bits per heavy atom. The first-order chi connectivity index (χ1) is 12.8. The van der Waals surface area contributed by atoms with Gasteiger partial charge in [-0.2, -0.15) is 15.0 Å². The van der Waals surface area contributed by atoms with Crippen molar-refractivity contribution in [3.8, 4) is 23.3 Å². The molecule has 0 aromatic carbocycles. The van der Waals surface area contributed by atoms with Crippen molar-refractivity contribution in [2.45, 2.75) is 26.7 Å². The van der Waals surface area contributed by atoms with Crippen LogP contribution < -0.4 is 0 Å². The zero-order valence-corrected chi connectivity index (χ0v) is 14.6. The highest BCUT2D eigenvalue weighted by Crippen LogP contribution is 2.17. The van der Waals surface area contributed by atoms with Gasteiger partial charge in [-0.25, -0.2) is 9.97 Å². The highest BCUT2D eigenvalue weighted by Gasteiger charge is 2.13. The van der Waals surface area contributed by atoms with E-state index in [1.54, 1.807) is 25.0 Å². The summed E-state index contributed by atoms with van der Waals surface area (Å²) >= 11 is 0. The van der Waals surface area contributed by atoms with Crippen molar-refractivity contribution in [1.29, 1.82) is 0 Å². The van der Waals surface area contributed by atoms with E-state index in [0.29, 0.717) is 17.7 Å². The third-order valence-corrected chi connectivity index (χ3v) is 3.99. The number of aryl methyl sites for hydroxylation is 2. The lowest BCUT2D eigenvalue weighted by atomic mass is 10.3. The predicted molar refractivity (Wildman–Crippen MR) is 96.1 cm³/mol. The van der Waals surface area contributed by atoms with Crippen LogP contribution in [0.5, 0.6) is 0 Å². The molecule has 0 radical (unpaired) electrons. The van der Waals surface area contributed by atoms with Crippen LogP contribution in [-0.4, -0.2) is 39.0 Å². The molecule has 0 saturated carbocycles. The number of pyridine rings is 1. The molecule has 8 nitrogen and oxygen atoms in total. The fourth-order valence-electron chi connectivity index (χ4n) is 2.52. The standard InChI is InChI=1S/C18H18N8/c1-3-14-9-25(11-20-14)17-22-16(13-6-5-7-19-8-13)23-18(24-17)26-10-15(4-2)21-12-26/h5-12H,3-4H2,1-2H3. The maximum atomic E-state index is 4.60. The molecular formula is C18H18N8. The molecule has 0 spiro atoms. The van der Waals surface area contributed by atoms with Crippen LogP contribution in [0, 0.1) is 0 Å². The third-order valence-electron chi connectivity index (χ3n) is 3.99. The quantitative estimate of drug-likeness (QED) is 0.551. The Hall–Kier alpha value is -3.42. The van der Waals surface area contributed by atoms with Gasteiger partial charge in [-0.3, -0.25) is 14.1 Å². The first-order valence-corrected chi connectivity index (χ1v) is 8.49. The molecule has 0 saturated heterocycles. The van der Waals surface area contributed by atoms with Gasteiger partial charge in [0.05, 0.1) is 11.4 Å². The van der Waals surface area contributed by atoms with E-state index in [0.717, 1.165) is 29.8 Å². The number of imidazole rings is 2. The molecule has 0 unspecified atom stereocenters. The number of nitrogens with zero attached hydrogens (tertiary/aromatic N) is 8. The Bertz CT molecular complexity index is 958. The van der Waals surface area contributed by atoms with Crippen molar-refractivity contribution in [3.05, 3.63) is 61.0 Å². The Morgan fingerprint density at radius 2 is 1.46 bits per heavy atom. The van der Waals surface area contributed by atoms with Crippen LogP contribution in [0.15, 0.2) is 49.6 Å². The molecule has 26 heavy (non-hydrogen) atoms. The maximum absolute atomic E-state index is 4.60. The summed E-state index contributed by atoms with van der Waals surface area (Å²) < 4.78 is 3.61. The Balaban J connectivity index is 1.86. The van der Waals surface area contributed by atoms with Gasteiger partial charge in [0.1, 0.15) is 12.7 Å². The molecule has 0 aliphatic heterocycles. The molecule has 0 amide bonds. The van der Waals surface area contributed by atoms with Gasteiger partial charge in [0, 0.05) is 30.4 Å². The molecule has 130 valence electrons. The summed E-state index contributed by atoms with van der Waals surface area (Å²) in [6, 6.07) is 3.78. The lowest BCUT2D eigenvalue weighted by Crippen LogP contribution is -2.08. The average molecular weight is 346 g/mol. The minimum Gasteiger partial charge on any atom is -0.274 e. The zero-order chi connectivity index (χ0) is 17.9. The molecule has 4 aromatic heterocycles. The second-order valence-electron chi connectivity index (χ2n) is 5.75. The second-order valence-corrected chi connectivity index (χ2v) is 5.75. The molecule has 4 rings (SSSR count). The number of rotatable bonds is 5. The minimum absolute atomic E-state index is 0.507. The van der Waals surface area contributed by atoms with E-state index in [9.17, 15) is 0 Å². The minimum atomic E-state index is 0.507. The van der Waals surface area contributed by atoms with Crippen LogP contribution >= 0.6 is 0 Å². The van der Waals surface area contributed by atoms with Crippen molar-refractivity contribution in [1.82, 2.24) is 39.0 Å². The summed E-state index contributed by atoms with van der Waals surface area (Å²) in [6.07, 6.45) is 12.4. The largest absolute Gasteiger partial charge is 0.274 e. The summed E-state index contributed by atoms with van der Waals surface area (Å²) in [5.41, 5.74) is 2.78. The van der Waals surface area contributed by atoms with E-state index in [-0.39, 0.29) is 0 Å². The van der Waals surface area contributed by atoms with Crippen molar-refractivity contribution in [3.63, 3.8) is 0 Å². The molecule has 0 aliphatic rings. The van der Waals surface area contributed by atoms with Crippen molar-refractivity contribution in [2.75, 3.05) is 0 Å². The van der Waals surface area contributed by atoms with Crippen molar-refractivity contribution < 1.29 is 0 Å². The normalized spacial score (nSPS) is 11.0. The fraction of sp³-hybridized carbons (Fsp3) is 0.222. The lowest BCUT2D eigenvalue weighted by Gasteiger charge is -2.07. The molecule has 0 aliphatic carbocycles. The van der Waals surface area contributed by atoms with Gasteiger partial charge in [0.15, 0.2) is 5.82 Å². The van der Waals surface area contributed by atoms with Crippen LogP contribution in [0.4, 0.5) is 0 Å². The summed E-state index contributed by atoms with van der Waals surface area (Å²) in [5, 5.41) is 0. The van der Waals surface area contributed by atoms with Gasteiger partial charge in [0.25, 0.3) is 0 Å². The topological polar surface area (TPSA) is 87.2 Å². The zero-order valence-electron chi connectivity index (χ0n) is 14.6. The van der Waals surface area contributed by atoms with Crippen LogP contribution in [0.2, 0.25) is 0 Å². The number of hydrogen-bond donors (Lipinski definition) is 0. The monoisotopic (exact) mass is 346 g/mol. The highest BCUT2D eigenvalue weighted by molar-refractivity contribution is 5.54. The van der Waals surface area contributed by atoms with E-state index in [1.807, 2.05) is 33.7 Å². The van der Waals surface area contributed by atoms with E-state index in [2.05, 4.69) is 43.8 Å². The summed E-state index contributed by atoms with van der Waals surface area (Å²) in [4.78, 5) is 26.7. The molecular weight excluding hydrogens is 328 g/mol.